The first-order chi connectivity index (χ1) is 8.86. The third-order valence-electron chi connectivity index (χ3n) is 2.19. The van der Waals surface area contributed by atoms with Crippen LogP contribution in [0.2, 0.25) is 5.02 Å². The van der Waals surface area contributed by atoms with E-state index >= 15 is 0 Å². The largest absolute Gasteiger partial charge is 0.480 e. The standard InChI is InChI=1S/C10H9ClN2O6/c11-7-3-5(13(18)19)1-2-6(7)9(15)12-8(4-14)10(16)17/h1-3,8,14H,4H2,(H,12,15)(H,16,17)/t8-/m1/s1. The number of nitrogens with zero attached hydrogens (tertiary/aromatic N) is 1. The molecule has 0 fully saturated rings. The van der Waals surface area contributed by atoms with Crippen LogP contribution >= 0.6 is 11.6 Å². The van der Waals surface area contributed by atoms with Gasteiger partial charge >= 0.3 is 5.97 Å². The van der Waals surface area contributed by atoms with Crippen molar-refractivity contribution < 1.29 is 24.7 Å². The number of non-ortho nitro benzene ring substituents is 1. The van der Waals surface area contributed by atoms with E-state index in [-0.39, 0.29) is 16.3 Å². The van der Waals surface area contributed by atoms with Crippen LogP contribution in [0.5, 0.6) is 0 Å². The van der Waals surface area contributed by atoms with Crippen LogP contribution in [-0.2, 0) is 4.79 Å². The second kappa shape index (κ2) is 6.12. The number of carbonyl (C=O) groups excluding carboxylic acids is 1. The molecule has 1 aromatic rings. The highest BCUT2D eigenvalue weighted by molar-refractivity contribution is 6.34. The molecule has 0 aliphatic heterocycles. The second-order valence-electron chi connectivity index (χ2n) is 3.47. The van der Waals surface area contributed by atoms with Gasteiger partial charge in [-0.3, -0.25) is 14.9 Å². The molecule has 1 aromatic carbocycles. The molecular weight excluding hydrogens is 280 g/mol. The van der Waals surface area contributed by atoms with Crippen molar-refractivity contribution in [2.75, 3.05) is 6.61 Å². The van der Waals surface area contributed by atoms with Gasteiger partial charge in [-0.05, 0) is 6.07 Å². The smallest absolute Gasteiger partial charge is 0.328 e. The molecule has 0 saturated carbocycles. The van der Waals surface area contributed by atoms with Gasteiger partial charge in [0, 0.05) is 12.1 Å². The van der Waals surface area contributed by atoms with Crippen LogP contribution < -0.4 is 5.32 Å². The number of carboxylic acids is 1. The lowest BCUT2D eigenvalue weighted by Gasteiger charge is -2.12. The third-order valence-corrected chi connectivity index (χ3v) is 2.51. The Morgan fingerprint density at radius 3 is 2.53 bits per heavy atom. The summed E-state index contributed by atoms with van der Waals surface area (Å²) in [4.78, 5) is 32.1. The first-order valence-corrected chi connectivity index (χ1v) is 5.33. The van der Waals surface area contributed by atoms with Crippen LogP contribution in [0.4, 0.5) is 5.69 Å². The molecule has 0 aliphatic carbocycles. The van der Waals surface area contributed by atoms with Gasteiger partial charge in [0.2, 0.25) is 0 Å². The summed E-state index contributed by atoms with van der Waals surface area (Å²) in [6.07, 6.45) is 0. The Bertz CT molecular complexity index is 533. The minimum absolute atomic E-state index is 0.119. The van der Waals surface area contributed by atoms with Crippen LogP contribution in [0.25, 0.3) is 0 Å². The summed E-state index contributed by atoms with van der Waals surface area (Å²) in [6, 6.07) is 1.67. The Hall–Kier alpha value is -2.19. The molecule has 0 heterocycles. The highest BCUT2D eigenvalue weighted by Gasteiger charge is 2.21. The summed E-state index contributed by atoms with van der Waals surface area (Å²) in [5.74, 6) is -2.25. The van der Waals surface area contributed by atoms with Gasteiger partial charge < -0.3 is 15.5 Å². The number of aliphatic hydroxyl groups is 1. The van der Waals surface area contributed by atoms with E-state index in [2.05, 4.69) is 0 Å². The zero-order valence-electron chi connectivity index (χ0n) is 9.37. The van der Waals surface area contributed by atoms with E-state index in [1.807, 2.05) is 5.32 Å². The van der Waals surface area contributed by atoms with Crippen molar-refractivity contribution in [3.8, 4) is 0 Å². The van der Waals surface area contributed by atoms with E-state index in [1.165, 1.54) is 0 Å². The van der Waals surface area contributed by atoms with Gasteiger partial charge in [0.1, 0.15) is 0 Å². The van der Waals surface area contributed by atoms with Crippen molar-refractivity contribution in [2.45, 2.75) is 6.04 Å². The maximum absolute atomic E-state index is 11.7. The van der Waals surface area contributed by atoms with Crippen LogP contribution in [-0.4, -0.2) is 39.7 Å². The van der Waals surface area contributed by atoms with Crippen molar-refractivity contribution >= 4 is 29.2 Å². The van der Waals surface area contributed by atoms with Crippen LogP contribution in [0, 0.1) is 10.1 Å². The highest BCUT2D eigenvalue weighted by atomic mass is 35.5. The van der Waals surface area contributed by atoms with Crippen molar-refractivity contribution in [1.29, 1.82) is 0 Å². The Kier molecular flexibility index (Phi) is 4.79. The summed E-state index contributed by atoms with van der Waals surface area (Å²) >= 11 is 5.70. The number of hydrogen-bond donors (Lipinski definition) is 3. The zero-order chi connectivity index (χ0) is 14.6. The Morgan fingerprint density at radius 1 is 1.47 bits per heavy atom. The van der Waals surface area contributed by atoms with Gasteiger partial charge in [-0.25, -0.2) is 4.79 Å². The number of halogens is 1. The van der Waals surface area contributed by atoms with Crippen molar-refractivity contribution in [2.24, 2.45) is 0 Å². The number of hydrogen-bond acceptors (Lipinski definition) is 5. The van der Waals surface area contributed by atoms with Crippen LogP contribution in [0.1, 0.15) is 10.4 Å². The molecule has 0 radical (unpaired) electrons. The number of carboxylic acid groups (broad SMARTS) is 1. The number of benzene rings is 1. The van der Waals surface area contributed by atoms with E-state index in [4.69, 9.17) is 21.8 Å². The first-order valence-electron chi connectivity index (χ1n) is 4.95. The Morgan fingerprint density at radius 2 is 2.11 bits per heavy atom. The number of nitro groups is 1. The fourth-order valence-corrected chi connectivity index (χ4v) is 1.48. The molecule has 0 aliphatic rings. The lowest BCUT2D eigenvalue weighted by atomic mass is 10.1. The van der Waals surface area contributed by atoms with E-state index in [9.17, 15) is 19.7 Å². The molecule has 1 amide bonds. The number of carbonyl (C=O) groups is 2. The van der Waals surface area contributed by atoms with Gasteiger partial charge in [-0.2, -0.15) is 0 Å². The van der Waals surface area contributed by atoms with E-state index < -0.39 is 29.4 Å². The lowest BCUT2D eigenvalue weighted by molar-refractivity contribution is -0.384. The molecule has 8 nitrogen and oxygen atoms in total. The van der Waals surface area contributed by atoms with Crippen LogP contribution in [0.3, 0.4) is 0 Å². The highest BCUT2D eigenvalue weighted by Crippen LogP contribution is 2.22. The summed E-state index contributed by atoms with van der Waals surface area (Å²) in [5, 5.41) is 29.7. The molecule has 1 atom stereocenters. The zero-order valence-corrected chi connectivity index (χ0v) is 10.1. The topological polar surface area (TPSA) is 130 Å². The molecule has 0 saturated heterocycles. The summed E-state index contributed by atoms with van der Waals surface area (Å²) in [7, 11) is 0. The summed E-state index contributed by atoms with van der Waals surface area (Å²) < 4.78 is 0. The normalized spacial score (nSPS) is 11.7. The predicted octanol–water partition coefficient (Wildman–Crippen LogP) is 0.424. The first kappa shape index (κ1) is 14.9. The average Bonchev–Trinajstić information content (AvgIpc) is 2.34. The minimum atomic E-state index is -1.47. The molecule has 1 rings (SSSR count). The maximum Gasteiger partial charge on any atom is 0.328 e. The van der Waals surface area contributed by atoms with E-state index in [0.717, 1.165) is 18.2 Å². The number of nitro benzene ring substituents is 1. The molecule has 0 aromatic heterocycles. The average molecular weight is 289 g/mol. The van der Waals surface area contributed by atoms with Gasteiger partial charge in [0.05, 0.1) is 22.1 Å². The fourth-order valence-electron chi connectivity index (χ4n) is 1.22. The number of aliphatic hydroxyl groups excluding tert-OH is 1. The second-order valence-corrected chi connectivity index (χ2v) is 3.88. The number of aliphatic carboxylic acids is 1. The van der Waals surface area contributed by atoms with Crippen molar-refractivity contribution in [3.05, 3.63) is 38.9 Å². The molecule has 102 valence electrons. The number of nitrogens with one attached hydrogen (secondary N) is 1. The minimum Gasteiger partial charge on any atom is -0.480 e. The SMILES string of the molecule is O=C(N[C@H](CO)C(=O)O)c1ccc([N+](=O)[O-])cc1Cl. The van der Waals surface area contributed by atoms with Gasteiger partial charge in [-0.15, -0.1) is 0 Å². The fraction of sp³-hybridized carbons (Fsp3) is 0.200. The molecule has 3 N–H and O–H groups in total. The number of rotatable bonds is 5. The Labute approximate surface area is 111 Å². The van der Waals surface area contributed by atoms with Crippen molar-refractivity contribution in [3.63, 3.8) is 0 Å². The van der Waals surface area contributed by atoms with Crippen LogP contribution in [0.15, 0.2) is 18.2 Å². The van der Waals surface area contributed by atoms with Crippen molar-refractivity contribution in [1.82, 2.24) is 5.32 Å². The van der Waals surface area contributed by atoms with E-state index in [1.54, 1.807) is 0 Å². The molecule has 19 heavy (non-hydrogen) atoms. The maximum atomic E-state index is 11.7. The predicted molar refractivity (Wildman–Crippen MR) is 64.1 cm³/mol. The molecule has 9 heteroatoms. The summed E-state index contributed by atoms with van der Waals surface area (Å²) in [6.45, 7) is -0.786. The van der Waals surface area contributed by atoms with Gasteiger partial charge in [0.15, 0.2) is 6.04 Å². The molecule has 0 bridgehead atoms. The lowest BCUT2D eigenvalue weighted by Crippen LogP contribution is -2.43. The van der Waals surface area contributed by atoms with E-state index in [0.29, 0.717) is 0 Å². The monoisotopic (exact) mass is 288 g/mol. The number of amides is 1. The third kappa shape index (κ3) is 3.63. The van der Waals surface area contributed by atoms with Gasteiger partial charge in [0.25, 0.3) is 11.6 Å². The molecule has 0 unspecified atom stereocenters. The molecule has 0 spiro atoms. The quantitative estimate of drug-likeness (QED) is 0.532. The Balaban J connectivity index is 2.94. The molecular formula is C10H9ClN2O6. The van der Waals surface area contributed by atoms with Gasteiger partial charge in [-0.1, -0.05) is 11.6 Å². The summed E-state index contributed by atoms with van der Waals surface area (Å²) in [5.41, 5.74) is -0.412.